The highest BCUT2D eigenvalue weighted by atomic mass is 16.5. The van der Waals surface area contributed by atoms with Crippen LogP contribution in [0.25, 0.3) is 0 Å². The number of benzene rings is 1. The van der Waals surface area contributed by atoms with Crippen LogP contribution in [0, 0.1) is 0 Å². The summed E-state index contributed by atoms with van der Waals surface area (Å²) >= 11 is 0. The second kappa shape index (κ2) is 7.45. The van der Waals surface area contributed by atoms with Gasteiger partial charge in [0.25, 0.3) is 0 Å². The molecule has 1 atom stereocenters. The number of carbonyl (C=O) groups is 1. The first-order chi connectivity index (χ1) is 9.79. The van der Waals surface area contributed by atoms with E-state index in [-0.39, 0.29) is 11.9 Å². The lowest BCUT2D eigenvalue weighted by Gasteiger charge is -2.19. The van der Waals surface area contributed by atoms with Gasteiger partial charge in [-0.2, -0.15) is 5.10 Å². The van der Waals surface area contributed by atoms with Crippen LogP contribution in [0.2, 0.25) is 0 Å². The number of rotatable bonds is 7. The molecule has 1 N–H and O–H groups in total. The molecule has 0 fully saturated rings. The molecule has 0 aliphatic rings. The predicted molar refractivity (Wildman–Crippen MR) is 76.0 cm³/mol. The minimum Gasteiger partial charge on any atom is -0.384 e. The summed E-state index contributed by atoms with van der Waals surface area (Å²) in [6.07, 6.45) is 3.98. The van der Waals surface area contributed by atoms with Gasteiger partial charge < -0.3 is 10.1 Å². The van der Waals surface area contributed by atoms with Crippen molar-refractivity contribution in [3.05, 3.63) is 54.4 Å². The molecule has 1 amide bonds. The Hall–Kier alpha value is -2.14. The molecule has 0 aliphatic carbocycles. The van der Waals surface area contributed by atoms with Gasteiger partial charge in [0.2, 0.25) is 5.91 Å². The third-order valence-corrected chi connectivity index (χ3v) is 3.00. The van der Waals surface area contributed by atoms with Gasteiger partial charge in [-0.15, -0.1) is 0 Å². The van der Waals surface area contributed by atoms with E-state index in [2.05, 4.69) is 10.4 Å². The Morgan fingerprint density at radius 3 is 2.80 bits per heavy atom. The fraction of sp³-hybridized carbons (Fsp3) is 0.333. The van der Waals surface area contributed by atoms with Gasteiger partial charge in [-0.25, -0.2) is 0 Å². The summed E-state index contributed by atoms with van der Waals surface area (Å²) < 4.78 is 6.74. The zero-order chi connectivity index (χ0) is 14.2. The topological polar surface area (TPSA) is 56.1 Å². The summed E-state index contributed by atoms with van der Waals surface area (Å²) in [5.41, 5.74) is 1.06. The molecular weight excluding hydrogens is 254 g/mol. The number of methoxy groups -OCH3 is 1. The number of ether oxygens (including phenoxy) is 1. The maximum Gasteiger partial charge on any atom is 0.222 e. The van der Waals surface area contributed by atoms with E-state index in [1.807, 2.05) is 47.3 Å². The first-order valence-corrected chi connectivity index (χ1v) is 6.60. The van der Waals surface area contributed by atoms with Gasteiger partial charge in [-0.3, -0.25) is 9.48 Å². The van der Waals surface area contributed by atoms with Crippen LogP contribution >= 0.6 is 0 Å². The van der Waals surface area contributed by atoms with Gasteiger partial charge in [0, 0.05) is 25.9 Å². The molecule has 106 valence electrons. The minimum absolute atomic E-state index is 0.0205. The summed E-state index contributed by atoms with van der Waals surface area (Å²) in [6.45, 7) is 1.03. The van der Waals surface area contributed by atoms with E-state index in [4.69, 9.17) is 4.74 Å². The fourth-order valence-corrected chi connectivity index (χ4v) is 1.98. The van der Waals surface area contributed by atoms with Gasteiger partial charge in [-0.1, -0.05) is 30.3 Å². The van der Waals surface area contributed by atoms with Crippen molar-refractivity contribution < 1.29 is 9.53 Å². The first kappa shape index (κ1) is 14.3. The molecule has 0 bridgehead atoms. The lowest BCUT2D eigenvalue weighted by atomic mass is 10.1. The van der Waals surface area contributed by atoms with Crippen LogP contribution in [0.5, 0.6) is 0 Å². The maximum absolute atomic E-state index is 11.9. The molecule has 1 heterocycles. The van der Waals surface area contributed by atoms with Crippen LogP contribution in [-0.4, -0.2) is 29.4 Å². The van der Waals surface area contributed by atoms with E-state index in [9.17, 15) is 4.79 Å². The molecule has 0 spiro atoms. The molecule has 5 heteroatoms. The third-order valence-electron chi connectivity index (χ3n) is 3.00. The monoisotopic (exact) mass is 273 g/mol. The van der Waals surface area contributed by atoms with Gasteiger partial charge >= 0.3 is 0 Å². The Balaban J connectivity index is 2.06. The summed E-state index contributed by atoms with van der Waals surface area (Å²) in [6, 6.07) is 11.7. The van der Waals surface area contributed by atoms with Crippen LogP contribution in [0.15, 0.2) is 48.8 Å². The van der Waals surface area contributed by atoms with Crippen LogP contribution in [-0.2, 0) is 16.1 Å². The van der Waals surface area contributed by atoms with E-state index in [1.165, 1.54) is 0 Å². The third kappa shape index (κ3) is 4.20. The quantitative estimate of drug-likeness (QED) is 0.836. The van der Waals surface area contributed by atoms with E-state index in [0.29, 0.717) is 19.6 Å². The molecule has 0 radical (unpaired) electrons. The predicted octanol–water partition coefficient (Wildman–Crippen LogP) is 1.78. The smallest absolute Gasteiger partial charge is 0.222 e. The SMILES string of the molecule is COCCC(=O)N[C@H](Cn1cccn1)c1ccccc1. The summed E-state index contributed by atoms with van der Waals surface area (Å²) in [5, 5.41) is 7.22. The molecule has 0 unspecified atom stereocenters. The molecule has 0 aliphatic heterocycles. The Morgan fingerprint density at radius 2 is 2.15 bits per heavy atom. The molecule has 0 saturated heterocycles. The van der Waals surface area contributed by atoms with E-state index >= 15 is 0 Å². The highest BCUT2D eigenvalue weighted by Crippen LogP contribution is 2.14. The van der Waals surface area contributed by atoms with E-state index < -0.39 is 0 Å². The average Bonchev–Trinajstić information content (AvgIpc) is 2.98. The normalized spacial score (nSPS) is 12.1. The maximum atomic E-state index is 11.9. The fourth-order valence-electron chi connectivity index (χ4n) is 1.98. The summed E-state index contributed by atoms with van der Waals surface area (Å²) in [4.78, 5) is 11.9. The standard InChI is InChI=1S/C15H19N3O2/c1-20-11-8-15(19)17-14(12-18-10-5-9-16-18)13-6-3-2-4-7-13/h2-7,9-10,14H,8,11-12H2,1H3,(H,17,19)/t14-/m1/s1. The van der Waals surface area contributed by atoms with Crippen molar-refractivity contribution in [3.8, 4) is 0 Å². The number of nitrogens with zero attached hydrogens (tertiary/aromatic N) is 2. The Kier molecular flexibility index (Phi) is 5.32. The van der Waals surface area contributed by atoms with Gasteiger partial charge in [-0.05, 0) is 11.6 Å². The summed E-state index contributed by atoms with van der Waals surface area (Å²) in [7, 11) is 1.59. The molecule has 2 aromatic rings. The number of hydrogen-bond donors (Lipinski definition) is 1. The van der Waals surface area contributed by atoms with Crippen LogP contribution in [0.3, 0.4) is 0 Å². The van der Waals surface area contributed by atoms with Crippen molar-refractivity contribution in [1.82, 2.24) is 15.1 Å². The lowest BCUT2D eigenvalue weighted by Crippen LogP contribution is -2.32. The molecule has 1 aromatic heterocycles. The van der Waals surface area contributed by atoms with Crippen molar-refractivity contribution in [3.63, 3.8) is 0 Å². The zero-order valence-electron chi connectivity index (χ0n) is 11.5. The highest BCUT2D eigenvalue weighted by molar-refractivity contribution is 5.76. The summed E-state index contributed by atoms with van der Waals surface area (Å²) in [5.74, 6) is -0.0205. The molecule has 2 rings (SSSR count). The molecule has 5 nitrogen and oxygen atoms in total. The van der Waals surface area contributed by atoms with Crippen LogP contribution in [0.1, 0.15) is 18.0 Å². The second-order valence-electron chi connectivity index (χ2n) is 4.50. The van der Waals surface area contributed by atoms with E-state index in [1.54, 1.807) is 13.3 Å². The van der Waals surface area contributed by atoms with Crippen molar-refractivity contribution >= 4 is 5.91 Å². The number of carbonyl (C=O) groups excluding carboxylic acids is 1. The Labute approximate surface area is 118 Å². The molecular formula is C15H19N3O2. The number of amides is 1. The lowest BCUT2D eigenvalue weighted by molar-refractivity contribution is -0.122. The van der Waals surface area contributed by atoms with Crippen LogP contribution in [0.4, 0.5) is 0 Å². The molecule has 0 saturated carbocycles. The van der Waals surface area contributed by atoms with E-state index in [0.717, 1.165) is 5.56 Å². The number of aromatic nitrogens is 2. The molecule has 20 heavy (non-hydrogen) atoms. The van der Waals surface area contributed by atoms with Gasteiger partial charge in [0.1, 0.15) is 0 Å². The highest BCUT2D eigenvalue weighted by Gasteiger charge is 2.15. The van der Waals surface area contributed by atoms with Crippen molar-refractivity contribution in [2.75, 3.05) is 13.7 Å². The van der Waals surface area contributed by atoms with Crippen molar-refractivity contribution in [1.29, 1.82) is 0 Å². The van der Waals surface area contributed by atoms with Gasteiger partial charge in [0.05, 0.1) is 19.2 Å². The average molecular weight is 273 g/mol. The van der Waals surface area contributed by atoms with Crippen molar-refractivity contribution in [2.45, 2.75) is 19.0 Å². The molecule has 1 aromatic carbocycles. The number of hydrogen-bond acceptors (Lipinski definition) is 3. The Bertz CT molecular complexity index is 511. The second-order valence-corrected chi connectivity index (χ2v) is 4.50. The minimum atomic E-state index is -0.0968. The van der Waals surface area contributed by atoms with Crippen molar-refractivity contribution in [2.24, 2.45) is 0 Å². The Morgan fingerprint density at radius 1 is 1.35 bits per heavy atom. The first-order valence-electron chi connectivity index (χ1n) is 6.60. The zero-order valence-corrected chi connectivity index (χ0v) is 11.5. The van der Waals surface area contributed by atoms with Crippen LogP contribution < -0.4 is 5.32 Å². The largest absolute Gasteiger partial charge is 0.384 e. The number of nitrogens with one attached hydrogen (secondary N) is 1. The van der Waals surface area contributed by atoms with Gasteiger partial charge in [0.15, 0.2) is 0 Å².